The topological polar surface area (TPSA) is 86.8 Å². The third-order valence-electron chi connectivity index (χ3n) is 7.33. The SMILES string of the molecule is Cc1cc(C)cc(N(CC(=O)N(Cc2ccc(F)cc2)C(Cc2ccccc2)C(=O)NCC(C)C)S(=O)(=O)c2ccccc2)c1. The van der Waals surface area contributed by atoms with E-state index >= 15 is 0 Å². The number of hydrogen-bond donors (Lipinski definition) is 1. The lowest BCUT2D eigenvalue weighted by Gasteiger charge is -2.34. The fourth-order valence-corrected chi connectivity index (χ4v) is 6.52. The first-order valence-corrected chi connectivity index (χ1v) is 16.4. The molecule has 0 saturated carbocycles. The molecule has 1 atom stereocenters. The lowest BCUT2D eigenvalue weighted by Crippen LogP contribution is -2.53. The summed E-state index contributed by atoms with van der Waals surface area (Å²) in [5.74, 6) is -1.18. The maximum absolute atomic E-state index is 14.5. The molecular weight excluding hydrogens is 589 g/mol. The van der Waals surface area contributed by atoms with Gasteiger partial charge in [0.15, 0.2) is 0 Å². The summed E-state index contributed by atoms with van der Waals surface area (Å²) in [5.41, 5.74) is 3.45. The van der Waals surface area contributed by atoms with Gasteiger partial charge in [-0.1, -0.05) is 80.6 Å². The third-order valence-corrected chi connectivity index (χ3v) is 9.11. The Labute approximate surface area is 265 Å². The van der Waals surface area contributed by atoms with E-state index in [-0.39, 0.29) is 29.7 Å². The quantitative estimate of drug-likeness (QED) is 0.195. The largest absolute Gasteiger partial charge is 0.354 e. The van der Waals surface area contributed by atoms with Crippen LogP contribution in [0.3, 0.4) is 0 Å². The van der Waals surface area contributed by atoms with Gasteiger partial charge in [-0.05, 0) is 78.4 Å². The molecule has 0 aliphatic carbocycles. The maximum Gasteiger partial charge on any atom is 0.264 e. The number of rotatable bonds is 13. The van der Waals surface area contributed by atoms with E-state index in [4.69, 9.17) is 0 Å². The molecule has 2 amide bonds. The van der Waals surface area contributed by atoms with Gasteiger partial charge in [-0.3, -0.25) is 13.9 Å². The van der Waals surface area contributed by atoms with Crippen LogP contribution in [0, 0.1) is 25.6 Å². The van der Waals surface area contributed by atoms with Crippen molar-refractivity contribution in [3.8, 4) is 0 Å². The van der Waals surface area contributed by atoms with Crippen molar-refractivity contribution in [3.63, 3.8) is 0 Å². The molecule has 7 nitrogen and oxygen atoms in total. The Morgan fingerprint density at radius 2 is 1.38 bits per heavy atom. The second-order valence-corrected chi connectivity index (χ2v) is 13.5. The molecule has 0 aliphatic heterocycles. The zero-order valence-electron chi connectivity index (χ0n) is 26.1. The molecular formula is C36H40FN3O4S. The predicted octanol–water partition coefficient (Wildman–Crippen LogP) is 6.05. The van der Waals surface area contributed by atoms with Crippen molar-refractivity contribution in [3.05, 3.63) is 131 Å². The monoisotopic (exact) mass is 629 g/mol. The van der Waals surface area contributed by atoms with Crippen LogP contribution in [-0.2, 0) is 32.6 Å². The number of nitrogens with one attached hydrogen (secondary N) is 1. The fourth-order valence-electron chi connectivity index (χ4n) is 5.11. The minimum absolute atomic E-state index is 0.0300. The molecule has 0 saturated heterocycles. The molecule has 0 fully saturated rings. The highest BCUT2D eigenvalue weighted by Gasteiger charge is 2.34. The Balaban J connectivity index is 1.81. The Kier molecular flexibility index (Phi) is 11.1. The summed E-state index contributed by atoms with van der Waals surface area (Å²) < 4.78 is 43.2. The van der Waals surface area contributed by atoms with Crippen molar-refractivity contribution in [1.29, 1.82) is 0 Å². The molecule has 1 unspecified atom stereocenters. The van der Waals surface area contributed by atoms with Crippen molar-refractivity contribution in [2.45, 2.75) is 51.6 Å². The summed E-state index contributed by atoms with van der Waals surface area (Å²) in [5, 5.41) is 2.96. The van der Waals surface area contributed by atoms with Crippen LogP contribution in [0.4, 0.5) is 10.1 Å². The summed E-state index contributed by atoms with van der Waals surface area (Å²) in [4.78, 5) is 29.7. The molecule has 4 rings (SSSR count). The summed E-state index contributed by atoms with van der Waals surface area (Å²) in [6, 6.07) is 27.4. The van der Waals surface area contributed by atoms with Gasteiger partial charge in [0, 0.05) is 19.5 Å². The van der Waals surface area contributed by atoms with Crippen molar-refractivity contribution >= 4 is 27.5 Å². The van der Waals surface area contributed by atoms with E-state index in [9.17, 15) is 22.4 Å². The second-order valence-electron chi connectivity index (χ2n) is 11.7. The number of amides is 2. The number of halogens is 1. The number of benzene rings is 4. The van der Waals surface area contributed by atoms with Gasteiger partial charge in [0.2, 0.25) is 11.8 Å². The number of carbonyl (C=O) groups is 2. The Hall–Kier alpha value is -4.50. The van der Waals surface area contributed by atoms with Gasteiger partial charge < -0.3 is 10.2 Å². The van der Waals surface area contributed by atoms with Gasteiger partial charge in [-0.15, -0.1) is 0 Å². The number of nitrogens with zero attached hydrogens (tertiary/aromatic N) is 2. The van der Waals surface area contributed by atoms with Gasteiger partial charge in [0.05, 0.1) is 10.6 Å². The lowest BCUT2D eigenvalue weighted by molar-refractivity contribution is -0.140. The molecule has 9 heteroatoms. The van der Waals surface area contributed by atoms with Crippen LogP contribution < -0.4 is 9.62 Å². The molecule has 4 aromatic carbocycles. The van der Waals surface area contributed by atoms with Crippen LogP contribution in [0.15, 0.2) is 108 Å². The highest BCUT2D eigenvalue weighted by Crippen LogP contribution is 2.27. The van der Waals surface area contributed by atoms with E-state index in [1.165, 1.54) is 29.2 Å². The van der Waals surface area contributed by atoms with E-state index in [0.717, 1.165) is 21.0 Å². The fraction of sp³-hybridized carbons (Fsp3) is 0.278. The van der Waals surface area contributed by atoms with E-state index in [1.807, 2.05) is 64.1 Å². The van der Waals surface area contributed by atoms with Crippen LogP contribution in [0.25, 0.3) is 0 Å². The van der Waals surface area contributed by atoms with Gasteiger partial charge in [-0.2, -0.15) is 0 Å². The predicted molar refractivity (Wildman–Crippen MR) is 176 cm³/mol. The minimum Gasteiger partial charge on any atom is -0.354 e. The smallest absolute Gasteiger partial charge is 0.264 e. The van der Waals surface area contributed by atoms with Crippen molar-refractivity contribution in [2.24, 2.45) is 5.92 Å². The molecule has 236 valence electrons. The molecule has 0 heterocycles. The molecule has 4 aromatic rings. The number of aryl methyl sites for hydroxylation is 2. The summed E-state index contributed by atoms with van der Waals surface area (Å²) in [7, 11) is -4.19. The summed E-state index contributed by atoms with van der Waals surface area (Å²) in [6.07, 6.45) is 0.201. The molecule has 0 spiro atoms. The first kappa shape index (κ1) is 33.4. The van der Waals surface area contributed by atoms with Crippen LogP contribution in [0.2, 0.25) is 0 Å². The van der Waals surface area contributed by atoms with Crippen LogP contribution in [0.1, 0.15) is 36.1 Å². The van der Waals surface area contributed by atoms with Gasteiger partial charge in [0.1, 0.15) is 18.4 Å². The van der Waals surface area contributed by atoms with Gasteiger partial charge in [-0.25, -0.2) is 12.8 Å². The van der Waals surface area contributed by atoms with Gasteiger partial charge in [0.25, 0.3) is 10.0 Å². The zero-order valence-corrected chi connectivity index (χ0v) is 26.9. The third kappa shape index (κ3) is 9.01. The lowest BCUT2D eigenvalue weighted by atomic mass is 10.0. The van der Waals surface area contributed by atoms with Gasteiger partial charge >= 0.3 is 0 Å². The average Bonchev–Trinajstić information content (AvgIpc) is 3.01. The molecule has 0 radical (unpaired) electrons. The Morgan fingerprint density at radius 3 is 1.96 bits per heavy atom. The first-order chi connectivity index (χ1) is 21.4. The normalized spacial score (nSPS) is 12.0. The number of hydrogen-bond acceptors (Lipinski definition) is 4. The average molecular weight is 630 g/mol. The van der Waals surface area contributed by atoms with Crippen molar-refractivity contribution in [1.82, 2.24) is 10.2 Å². The van der Waals surface area contributed by atoms with Crippen LogP contribution >= 0.6 is 0 Å². The number of anilines is 1. The van der Waals surface area contributed by atoms with Crippen molar-refractivity contribution in [2.75, 3.05) is 17.4 Å². The number of sulfonamides is 1. The molecule has 0 aliphatic rings. The van der Waals surface area contributed by atoms with E-state index in [2.05, 4.69) is 5.32 Å². The zero-order chi connectivity index (χ0) is 32.6. The summed E-state index contributed by atoms with van der Waals surface area (Å²) in [6.45, 7) is 7.50. The standard InChI is InChI=1S/C36H40FN3O4S/c1-26(2)23-38-36(42)34(22-29-11-7-5-8-12-29)39(24-30-15-17-31(37)18-16-30)35(41)25-40(32-20-27(3)19-28(4)21-32)45(43,44)33-13-9-6-10-14-33/h5-21,26,34H,22-25H2,1-4H3,(H,38,42). The Morgan fingerprint density at radius 1 is 0.800 bits per heavy atom. The summed E-state index contributed by atoms with van der Waals surface area (Å²) >= 11 is 0. The van der Waals surface area contributed by atoms with E-state index in [1.54, 1.807) is 42.5 Å². The first-order valence-electron chi connectivity index (χ1n) is 15.0. The van der Waals surface area contributed by atoms with Crippen molar-refractivity contribution < 1.29 is 22.4 Å². The minimum atomic E-state index is -4.19. The maximum atomic E-state index is 14.5. The number of carbonyl (C=O) groups excluding carboxylic acids is 2. The molecule has 0 bridgehead atoms. The molecule has 45 heavy (non-hydrogen) atoms. The van der Waals surface area contributed by atoms with E-state index in [0.29, 0.717) is 17.8 Å². The van der Waals surface area contributed by atoms with Crippen LogP contribution in [-0.4, -0.2) is 44.3 Å². The highest BCUT2D eigenvalue weighted by atomic mass is 32.2. The molecule has 1 N–H and O–H groups in total. The molecule has 0 aromatic heterocycles. The Bertz CT molecular complexity index is 1680. The van der Waals surface area contributed by atoms with E-state index < -0.39 is 34.3 Å². The second kappa shape index (κ2) is 15.0. The highest BCUT2D eigenvalue weighted by molar-refractivity contribution is 7.92. The van der Waals surface area contributed by atoms with Crippen LogP contribution in [0.5, 0.6) is 0 Å².